The minimum Gasteiger partial charge on any atom is -0.453 e. The van der Waals surface area contributed by atoms with Crippen molar-refractivity contribution in [2.24, 2.45) is 5.92 Å². The van der Waals surface area contributed by atoms with Gasteiger partial charge in [-0.05, 0) is 25.2 Å². The van der Waals surface area contributed by atoms with Crippen LogP contribution >= 0.6 is 0 Å². The highest BCUT2D eigenvalue weighted by molar-refractivity contribution is 5.67. The molecule has 1 N–H and O–H groups in total. The van der Waals surface area contributed by atoms with Crippen LogP contribution in [0.2, 0.25) is 0 Å². The third-order valence-corrected chi connectivity index (χ3v) is 2.76. The largest absolute Gasteiger partial charge is 0.453 e. The van der Waals surface area contributed by atoms with Crippen LogP contribution in [0, 0.1) is 5.92 Å². The Bertz CT molecular complexity index is 178. The molecule has 1 aliphatic rings. The predicted molar refractivity (Wildman–Crippen MR) is 53.2 cm³/mol. The molecule has 0 aromatic heterocycles. The molecule has 1 fully saturated rings. The van der Waals surface area contributed by atoms with Crippen molar-refractivity contribution < 1.29 is 14.3 Å². The molecule has 14 heavy (non-hydrogen) atoms. The minimum absolute atomic E-state index is 0.228. The average molecular weight is 201 g/mol. The van der Waals surface area contributed by atoms with Gasteiger partial charge in [-0.2, -0.15) is 0 Å². The molecular formula is C10H19NO3. The summed E-state index contributed by atoms with van der Waals surface area (Å²) in [5.41, 5.74) is 0. The molecule has 0 saturated carbocycles. The summed E-state index contributed by atoms with van der Waals surface area (Å²) in [4.78, 5) is 11.1. The zero-order chi connectivity index (χ0) is 10.4. The quantitative estimate of drug-likeness (QED) is 0.753. The van der Waals surface area contributed by atoms with Crippen LogP contribution in [-0.4, -0.2) is 32.5 Å². The number of carbonyl (C=O) groups is 1. The van der Waals surface area contributed by atoms with Crippen molar-refractivity contribution in [2.75, 3.05) is 20.3 Å². The molecular weight excluding hydrogens is 182 g/mol. The zero-order valence-corrected chi connectivity index (χ0v) is 8.91. The van der Waals surface area contributed by atoms with Crippen molar-refractivity contribution in [1.29, 1.82) is 0 Å². The van der Waals surface area contributed by atoms with E-state index < -0.39 is 0 Å². The fraction of sp³-hybridized carbons (Fsp3) is 0.900. The van der Waals surface area contributed by atoms with Gasteiger partial charge in [-0.15, -0.1) is 0 Å². The van der Waals surface area contributed by atoms with Gasteiger partial charge < -0.3 is 14.8 Å². The lowest BCUT2D eigenvalue weighted by atomic mass is 9.90. The van der Waals surface area contributed by atoms with Gasteiger partial charge in [0.25, 0.3) is 0 Å². The maximum atomic E-state index is 11.1. The molecule has 1 saturated heterocycles. The van der Waals surface area contributed by atoms with E-state index in [2.05, 4.69) is 17.0 Å². The van der Waals surface area contributed by atoms with Crippen LogP contribution in [0.25, 0.3) is 0 Å². The fourth-order valence-corrected chi connectivity index (χ4v) is 1.88. The highest BCUT2D eigenvalue weighted by Gasteiger charge is 2.24. The van der Waals surface area contributed by atoms with Crippen LogP contribution in [0.4, 0.5) is 4.79 Å². The van der Waals surface area contributed by atoms with Gasteiger partial charge in [-0.1, -0.05) is 6.92 Å². The summed E-state index contributed by atoms with van der Waals surface area (Å²) in [6.45, 7) is 3.70. The molecule has 0 bridgehead atoms. The van der Waals surface area contributed by atoms with Crippen molar-refractivity contribution in [2.45, 2.75) is 32.2 Å². The van der Waals surface area contributed by atoms with Crippen LogP contribution < -0.4 is 5.32 Å². The highest BCUT2D eigenvalue weighted by atomic mass is 16.5. The Balaban J connectivity index is 2.39. The molecule has 1 aliphatic heterocycles. The zero-order valence-electron chi connectivity index (χ0n) is 8.91. The molecule has 1 heterocycles. The lowest BCUT2D eigenvalue weighted by Crippen LogP contribution is -2.41. The molecule has 0 aliphatic carbocycles. The number of ether oxygens (including phenoxy) is 2. The summed E-state index contributed by atoms with van der Waals surface area (Å²) >= 11 is 0. The van der Waals surface area contributed by atoms with Gasteiger partial charge in [0, 0.05) is 19.3 Å². The van der Waals surface area contributed by atoms with Crippen LogP contribution in [0.5, 0.6) is 0 Å². The standard InChI is InChI=1S/C10H19NO3/c1-3-9(11-10(12)13-2)8-4-6-14-7-5-8/h8-9H,3-7H2,1-2H3,(H,11,12)/t9-/m0/s1. The Labute approximate surface area is 85.0 Å². The van der Waals surface area contributed by atoms with Gasteiger partial charge in [0.2, 0.25) is 0 Å². The normalized spacial score (nSPS) is 20.1. The number of rotatable bonds is 3. The molecule has 0 radical (unpaired) electrons. The number of nitrogens with one attached hydrogen (secondary N) is 1. The summed E-state index contributed by atoms with van der Waals surface area (Å²) < 4.78 is 9.87. The molecule has 4 heteroatoms. The van der Waals surface area contributed by atoms with Crippen molar-refractivity contribution in [3.05, 3.63) is 0 Å². The number of hydrogen-bond acceptors (Lipinski definition) is 3. The maximum Gasteiger partial charge on any atom is 0.407 e. The lowest BCUT2D eigenvalue weighted by molar-refractivity contribution is 0.0524. The van der Waals surface area contributed by atoms with Crippen LogP contribution in [0.3, 0.4) is 0 Å². The molecule has 82 valence electrons. The molecule has 0 unspecified atom stereocenters. The smallest absolute Gasteiger partial charge is 0.407 e. The van der Waals surface area contributed by atoms with E-state index >= 15 is 0 Å². The van der Waals surface area contributed by atoms with E-state index in [-0.39, 0.29) is 12.1 Å². The van der Waals surface area contributed by atoms with E-state index in [1.54, 1.807) is 0 Å². The first kappa shape index (κ1) is 11.3. The topological polar surface area (TPSA) is 47.6 Å². The number of carbonyl (C=O) groups excluding carboxylic acids is 1. The van der Waals surface area contributed by atoms with Crippen LogP contribution in [0.1, 0.15) is 26.2 Å². The first-order valence-corrected chi connectivity index (χ1v) is 5.20. The maximum absolute atomic E-state index is 11.1. The van der Waals surface area contributed by atoms with E-state index in [0.717, 1.165) is 32.5 Å². The van der Waals surface area contributed by atoms with Crippen molar-refractivity contribution in [3.63, 3.8) is 0 Å². The molecule has 1 amide bonds. The molecule has 0 aromatic rings. The summed E-state index contributed by atoms with van der Waals surface area (Å²) in [6.07, 6.45) is 2.67. The Kier molecular flexibility index (Phi) is 4.73. The van der Waals surface area contributed by atoms with Crippen molar-refractivity contribution >= 4 is 6.09 Å². The number of hydrogen-bond donors (Lipinski definition) is 1. The molecule has 4 nitrogen and oxygen atoms in total. The van der Waals surface area contributed by atoms with E-state index in [9.17, 15) is 4.79 Å². The molecule has 1 atom stereocenters. The summed E-state index contributed by atoms with van der Waals surface area (Å²) in [5.74, 6) is 0.535. The van der Waals surface area contributed by atoms with Gasteiger partial charge >= 0.3 is 6.09 Å². The lowest BCUT2D eigenvalue weighted by Gasteiger charge is -2.29. The molecule has 0 spiro atoms. The molecule has 1 rings (SSSR count). The number of amides is 1. The van der Waals surface area contributed by atoms with Gasteiger partial charge in [-0.3, -0.25) is 0 Å². The van der Waals surface area contributed by atoms with Gasteiger partial charge in [-0.25, -0.2) is 4.79 Å². The summed E-state index contributed by atoms with van der Waals surface area (Å²) in [7, 11) is 1.39. The summed E-state index contributed by atoms with van der Waals surface area (Å²) in [5, 5.41) is 2.87. The van der Waals surface area contributed by atoms with E-state index in [1.807, 2.05) is 0 Å². The summed E-state index contributed by atoms with van der Waals surface area (Å²) in [6, 6.07) is 0.228. The Morgan fingerprint density at radius 1 is 1.57 bits per heavy atom. The monoisotopic (exact) mass is 201 g/mol. The van der Waals surface area contributed by atoms with E-state index in [1.165, 1.54) is 7.11 Å². The van der Waals surface area contributed by atoms with Crippen molar-refractivity contribution in [3.8, 4) is 0 Å². The van der Waals surface area contributed by atoms with E-state index in [0.29, 0.717) is 5.92 Å². The second-order valence-electron chi connectivity index (χ2n) is 3.60. The first-order chi connectivity index (χ1) is 6.77. The van der Waals surface area contributed by atoms with Gasteiger partial charge in [0.05, 0.1) is 7.11 Å². The van der Waals surface area contributed by atoms with E-state index in [4.69, 9.17) is 4.74 Å². The van der Waals surface area contributed by atoms with Crippen molar-refractivity contribution in [1.82, 2.24) is 5.32 Å². The first-order valence-electron chi connectivity index (χ1n) is 5.20. The predicted octanol–water partition coefficient (Wildman–Crippen LogP) is 1.55. The van der Waals surface area contributed by atoms with Crippen LogP contribution in [0.15, 0.2) is 0 Å². The average Bonchev–Trinajstić information content (AvgIpc) is 2.26. The minimum atomic E-state index is -0.330. The Hall–Kier alpha value is -0.770. The highest BCUT2D eigenvalue weighted by Crippen LogP contribution is 2.20. The third-order valence-electron chi connectivity index (χ3n) is 2.76. The number of alkyl carbamates (subject to hydrolysis) is 1. The second kappa shape index (κ2) is 5.86. The van der Waals surface area contributed by atoms with Crippen LogP contribution in [-0.2, 0) is 9.47 Å². The SMILES string of the molecule is CC[C@H](NC(=O)OC)C1CCOCC1. The Morgan fingerprint density at radius 3 is 2.71 bits per heavy atom. The molecule has 0 aromatic carbocycles. The third kappa shape index (κ3) is 3.18. The second-order valence-corrected chi connectivity index (χ2v) is 3.60. The number of methoxy groups -OCH3 is 1. The van der Waals surface area contributed by atoms with Gasteiger partial charge in [0.1, 0.15) is 0 Å². The fourth-order valence-electron chi connectivity index (χ4n) is 1.88. The van der Waals surface area contributed by atoms with Gasteiger partial charge in [0.15, 0.2) is 0 Å². The Morgan fingerprint density at radius 2 is 2.21 bits per heavy atom.